The molecule has 0 aromatic heterocycles. The number of rotatable bonds is 3. The van der Waals surface area contributed by atoms with Crippen LogP contribution in [0.3, 0.4) is 0 Å². The smallest absolute Gasteiger partial charge is 0.292 e. The molecule has 6 nitrogen and oxygen atoms in total. The molecule has 0 aliphatic heterocycles. The summed E-state index contributed by atoms with van der Waals surface area (Å²) in [6.07, 6.45) is 0. The first-order valence-electron chi connectivity index (χ1n) is 2.05. The van der Waals surface area contributed by atoms with Crippen molar-refractivity contribution in [3.8, 4) is 0 Å². The number of hydrogen-bond acceptors (Lipinski definition) is 6. The lowest BCUT2D eigenvalue weighted by atomic mass is 11.5. The molecule has 0 rings (SSSR count). The van der Waals surface area contributed by atoms with Gasteiger partial charge in [0.25, 0.3) is 10.5 Å². The van der Waals surface area contributed by atoms with Gasteiger partial charge in [0.2, 0.25) is 0 Å². The van der Waals surface area contributed by atoms with Crippen LogP contribution in [0.2, 0.25) is 0 Å². The van der Waals surface area contributed by atoms with E-state index >= 15 is 0 Å². The zero-order chi connectivity index (χ0) is 7.98. The van der Waals surface area contributed by atoms with E-state index in [9.17, 15) is 9.59 Å². The highest BCUT2D eigenvalue weighted by Crippen LogP contribution is 1.93. The first kappa shape index (κ1) is 9.56. The molecular weight excluding hydrogens is 176 g/mol. The van der Waals surface area contributed by atoms with Crippen molar-refractivity contribution in [2.24, 2.45) is 11.5 Å². The first-order chi connectivity index (χ1) is 4.63. The topological polar surface area (TPSA) is 110 Å². The molecule has 0 saturated heterocycles. The maximum absolute atomic E-state index is 10.0. The highest BCUT2D eigenvalue weighted by Gasteiger charge is 1.95. The van der Waals surface area contributed by atoms with E-state index in [2.05, 4.69) is 9.66 Å². The van der Waals surface area contributed by atoms with E-state index < -0.39 is 10.5 Å². The van der Waals surface area contributed by atoms with E-state index in [1.54, 1.807) is 0 Å². The van der Waals surface area contributed by atoms with Gasteiger partial charge in [0, 0.05) is 23.9 Å². The number of nitrogens with one attached hydrogen (secondary N) is 2. The first-order valence-corrected chi connectivity index (χ1v) is 3.69. The Balaban J connectivity index is 3.06. The van der Waals surface area contributed by atoms with Crippen LogP contribution >= 0.6 is 23.9 Å². The fourth-order valence-corrected chi connectivity index (χ4v) is 0.677. The number of amides is 2. The molecule has 0 radical (unpaired) electrons. The SMILES string of the molecule is NC(=O)SNNSC(N)=O. The lowest BCUT2D eigenvalue weighted by Gasteiger charge is -1.97. The zero-order valence-electron chi connectivity index (χ0n) is 4.79. The largest absolute Gasteiger partial charge is 0.359 e. The summed E-state index contributed by atoms with van der Waals surface area (Å²) in [5.74, 6) is 0. The monoisotopic (exact) mass is 182 g/mol. The standard InChI is InChI=1S/C2H6N4O2S2/c3-1(7)9-5-6-10-2(4)8/h5-6H,(H2,3,7)(H2,4,8). The predicted octanol–water partition coefficient (Wildman–Crippen LogP) is -0.466. The van der Waals surface area contributed by atoms with Crippen LogP contribution in [0.15, 0.2) is 0 Å². The van der Waals surface area contributed by atoms with E-state index in [4.69, 9.17) is 11.5 Å². The summed E-state index contributed by atoms with van der Waals surface area (Å²) in [4.78, 5) is 24.5. The van der Waals surface area contributed by atoms with E-state index in [-0.39, 0.29) is 0 Å². The average Bonchev–Trinajstić information content (AvgIpc) is 1.79. The van der Waals surface area contributed by atoms with Crippen LogP contribution in [0.5, 0.6) is 0 Å². The number of carbonyl (C=O) groups is 2. The summed E-state index contributed by atoms with van der Waals surface area (Å²) in [6.45, 7) is 0. The van der Waals surface area contributed by atoms with Crippen molar-refractivity contribution < 1.29 is 9.59 Å². The van der Waals surface area contributed by atoms with E-state index in [1.807, 2.05) is 0 Å². The van der Waals surface area contributed by atoms with Gasteiger partial charge in [0.15, 0.2) is 0 Å². The van der Waals surface area contributed by atoms with Crippen molar-refractivity contribution >= 4 is 34.4 Å². The third-order valence-corrected chi connectivity index (χ3v) is 1.28. The average molecular weight is 182 g/mol. The molecule has 0 spiro atoms. The van der Waals surface area contributed by atoms with Gasteiger partial charge in [-0.3, -0.25) is 9.59 Å². The molecule has 0 aromatic rings. The number of hydrazine groups is 1. The summed E-state index contributed by atoms with van der Waals surface area (Å²) in [6, 6.07) is 0. The molecule has 10 heavy (non-hydrogen) atoms. The molecule has 58 valence electrons. The summed E-state index contributed by atoms with van der Waals surface area (Å²) in [7, 11) is 0. The van der Waals surface area contributed by atoms with Crippen LogP contribution in [-0.4, -0.2) is 10.5 Å². The van der Waals surface area contributed by atoms with E-state index in [0.29, 0.717) is 23.9 Å². The molecule has 0 unspecified atom stereocenters. The Bertz CT molecular complexity index is 123. The summed E-state index contributed by atoms with van der Waals surface area (Å²) in [5.41, 5.74) is 9.41. The molecule has 0 atom stereocenters. The highest BCUT2D eigenvalue weighted by atomic mass is 32.2. The fraction of sp³-hybridized carbons (Fsp3) is 0. The molecule has 0 saturated carbocycles. The minimum absolute atomic E-state index is 0.599. The van der Waals surface area contributed by atoms with Crippen LogP contribution in [0.1, 0.15) is 0 Å². The second-order valence-electron chi connectivity index (χ2n) is 1.05. The molecule has 0 aromatic carbocycles. The number of hydrogen-bond donors (Lipinski definition) is 4. The Morgan fingerprint density at radius 2 is 1.30 bits per heavy atom. The van der Waals surface area contributed by atoms with Gasteiger partial charge in [0.05, 0.1) is 0 Å². The van der Waals surface area contributed by atoms with Crippen molar-refractivity contribution in [2.75, 3.05) is 0 Å². The fourth-order valence-electron chi connectivity index (χ4n) is 0.142. The number of primary amides is 2. The van der Waals surface area contributed by atoms with Gasteiger partial charge >= 0.3 is 0 Å². The molecule has 0 aliphatic carbocycles. The Labute approximate surface area is 65.7 Å². The summed E-state index contributed by atoms with van der Waals surface area (Å²) >= 11 is 1.24. The Kier molecular flexibility index (Phi) is 5.12. The van der Waals surface area contributed by atoms with Crippen LogP contribution < -0.4 is 21.1 Å². The Hall–Kier alpha value is -0.440. The van der Waals surface area contributed by atoms with Crippen LogP contribution in [0, 0.1) is 0 Å². The molecule has 0 fully saturated rings. The zero-order valence-corrected chi connectivity index (χ0v) is 6.42. The van der Waals surface area contributed by atoms with Gasteiger partial charge in [-0.25, -0.2) is 0 Å². The predicted molar refractivity (Wildman–Crippen MR) is 40.6 cm³/mol. The lowest BCUT2D eigenvalue weighted by molar-refractivity contribution is 0.266. The van der Waals surface area contributed by atoms with E-state index in [0.717, 1.165) is 0 Å². The molecular formula is C2H6N4O2S2. The molecule has 2 amide bonds. The van der Waals surface area contributed by atoms with Gasteiger partial charge in [-0.1, -0.05) is 0 Å². The number of carbonyl (C=O) groups excluding carboxylic acids is 2. The van der Waals surface area contributed by atoms with Gasteiger partial charge < -0.3 is 11.5 Å². The third-order valence-electron chi connectivity index (χ3n) is 0.345. The molecule has 6 N–H and O–H groups in total. The van der Waals surface area contributed by atoms with Crippen molar-refractivity contribution in [1.29, 1.82) is 0 Å². The third kappa shape index (κ3) is 7.56. The maximum atomic E-state index is 10.0. The Morgan fingerprint density at radius 1 is 1.00 bits per heavy atom. The van der Waals surface area contributed by atoms with E-state index in [1.165, 1.54) is 0 Å². The molecule has 0 aliphatic rings. The van der Waals surface area contributed by atoms with Gasteiger partial charge in [-0.2, -0.15) is 9.66 Å². The minimum atomic E-state index is -0.599. The van der Waals surface area contributed by atoms with Gasteiger partial charge in [0.1, 0.15) is 0 Å². The van der Waals surface area contributed by atoms with Gasteiger partial charge in [-0.15, -0.1) is 0 Å². The number of nitrogens with two attached hydrogens (primary N) is 2. The maximum Gasteiger partial charge on any atom is 0.292 e. The normalized spacial score (nSPS) is 9.20. The quantitative estimate of drug-likeness (QED) is 0.267. The van der Waals surface area contributed by atoms with Crippen LogP contribution in [-0.2, 0) is 0 Å². The Morgan fingerprint density at radius 3 is 1.50 bits per heavy atom. The summed E-state index contributed by atoms with van der Waals surface area (Å²) < 4.78 is 0. The summed E-state index contributed by atoms with van der Waals surface area (Å²) in [5, 5.41) is -1.20. The second-order valence-corrected chi connectivity index (χ2v) is 2.67. The molecule has 0 bridgehead atoms. The van der Waals surface area contributed by atoms with Crippen molar-refractivity contribution in [3.63, 3.8) is 0 Å². The van der Waals surface area contributed by atoms with Crippen LogP contribution in [0.4, 0.5) is 9.59 Å². The molecule has 8 heteroatoms. The lowest BCUT2D eigenvalue weighted by Crippen LogP contribution is -2.25. The minimum Gasteiger partial charge on any atom is -0.359 e. The van der Waals surface area contributed by atoms with Crippen molar-refractivity contribution in [1.82, 2.24) is 9.66 Å². The van der Waals surface area contributed by atoms with Crippen molar-refractivity contribution in [2.45, 2.75) is 0 Å². The highest BCUT2D eigenvalue weighted by molar-refractivity contribution is 8.14. The molecule has 0 heterocycles. The second kappa shape index (κ2) is 5.35. The van der Waals surface area contributed by atoms with Gasteiger partial charge in [-0.05, 0) is 0 Å². The van der Waals surface area contributed by atoms with Crippen LogP contribution in [0.25, 0.3) is 0 Å². The van der Waals surface area contributed by atoms with Crippen molar-refractivity contribution in [3.05, 3.63) is 0 Å².